The van der Waals surface area contributed by atoms with Crippen LogP contribution < -0.4 is 9.62 Å². The lowest BCUT2D eigenvalue weighted by Gasteiger charge is -2.25. The van der Waals surface area contributed by atoms with Crippen molar-refractivity contribution in [1.29, 1.82) is 0 Å². The van der Waals surface area contributed by atoms with Crippen LogP contribution in [0.3, 0.4) is 0 Å². The normalized spacial score (nSPS) is 11.3. The molecule has 0 unspecified atom stereocenters. The van der Waals surface area contributed by atoms with E-state index in [-0.39, 0.29) is 19.0 Å². The Morgan fingerprint density at radius 3 is 2.23 bits per heavy atom. The van der Waals surface area contributed by atoms with E-state index >= 15 is 0 Å². The molecule has 7 heteroatoms. The van der Waals surface area contributed by atoms with Gasteiger partial charge in [-0.2, -0.15) is 0 Å². The quantitative estimate of drug-likeness (QED) is 0.815. The summed E-state index contributed by atoms with van der Waals surface area (Å²) in [5, 5.41) is 3.13. The minimum atomic E-state index is -3.55. The Labute approximate surface area is 160 Å². The van der Waals surface area contributed by atoms with Crippen LogP contribution >= 0.6 is 11.6 Å². The van der Waals surface area contributed by atoms with E-state index in [1.54, 1.807) is 18.2 Å². The summed E-state index contributed by atoms with van der Waals surface area (Å²) in [6.07, 6.45) is 1.13. The van der Waals surface area contributed by atoms with Crippen molar-refractivity contribution in [2.75, 3.05) is 23.7 Å². The molecule has 0 aliphatic rings. The van der Waals surface area contributed by atoms with Gasteiger partial charge in [0.15, 0.2) is 0 Å². The minimum absolute atomic E-state index is 0.0973. The molecule has 2 aromatic carbocycles. The maximum Gasteiger partial charge on any atom is 0.251 e. The molecule has 0 aromatic heterocycles. The van der Waals surface area contributed by atoms with Crippen molar-refractivity contribution in [2.24, 2.45) is 0 Å². The highest BCUT2D eigenvalue weighted by Gasteiger charge is 2.22. The lowest BCUT2D eigenvalue weighted by Crippen LogP contribution is -2.38. The molecule has 0 heterocycles. The zero-order chi connectivity index (χ0) is 19.5. The smallest absolute Gasteiger partial charge is 0.251 e. The van der Waals surface area contributed by atoms with Gasteiger partial charge in [0.25, 0.3) is 5.91 Å². The molecule has 0 bridgehead atoms. The van der Waals surface area contributed by atoms with Crippen molar-refractivity contribution < 1.29 is 13.2 Å². The number of amides is 1. The number of hydrogen-bond donors (Lipinski definition) is 1. The lowest BCUT2D eigenvalue weighted by atomic mass is 10.1. The topological polar surface area (TPSA) is 66.5 Å². The number of aryl methyl sites for hydroxylation is 3. The van der Waals surface area contributed by atoms with Crippen LogP contribution in [0.25, 0.3) is 0 Å². The number of sulfonamides is 1. The number of carbonyl (C=O) groups is 1. The Morgan fingerprint density at radius 2 is 1.69 bits per heavy atom. The molecular weight excluding hydrogens is 372 g/mol. The van der Waals surface area contributed by atoms with Crippen LogP contribution in [0, 0.1) is 20.8 Å². The summed E-state index contributed by atoms with van der Waals surface area (Å²) in [5.41, 5.74) is 3.77. The summed E-state index contributed by atoms with van der Waals surface area (Å²) in [7, 11) is -3.55. The van der Waals surface area contributed by atoms with E-state index in [1.807, 2.05) is 39.0 Å². The number of carbonyl (C=O) groups excluding carboxylic acids is 1. The molecule has 26 heavy (non-hydrogen) atoms. The van der Waals surface area contributed by atoms with Gasteiger partial charge in [0.2, 0.25) is 10.0 Å². The van der Waals surface area contributed by atoms with Gasteiger partial charge in [-0.3, -0.25) is 9.10 Å². The molecule has 0 atom stereocenters. The van der Waals surface area contributed by atoms with Gasteiger partial charge in [0, 0.05) is 12.1 Å². The highest BCUT2D eigenvalue weighted by molar-refractivity contribution is 7.92. The number of nitrogens with zero attached hydrogens (tertiary/aromatic N) is 1. The molecule has 1 amide bonds. The third-order valence-corrected chi connectivity index (χ3v) is 5.42. The lowest BCUT2D eigenvalue weighted by molar-refractivity contribution is 0.0955. The van der Waals surface area contributed by atoms with Gasteiger partial charge >= 0.3 is 0 Å². The molecule has 2 rings (SSSR count). The summed E-state index contributed by atoms with van der Waals surface area (Å²) >= 11 is 6.29. The molecule has 1 N–H and O–H groups in total. The van der Waals surface area contributed by atoms with Crippen LogP contribution in [0.4, 0.5) is 5.69 Å². The van der Waals surface area contributed by atoms with Crippen LogP contribution in [0.5, 0.6) is 0 Å². The number of benzene rings is 2. The fourth-order valence-corrected chi connectivity index (χ4v) is 4.22. The molecule has 0 radical (unpaired) electrons. The van der Waals surface area contributed by atoms with E-state index in [2.05, 4.69) is 5.32 Å². The van der Waals surface area contributed by atoms with Crippen LogP contribution in [-0.4, -0.2) is 33.7 Å². The Kier molecular flexibility index (Phi) is 6.31. The minimum Gasteiger partial charge on any atom is -0.350 e. The Morgan fingerprint density at radius 1 is 1.08 bits per heavy atom. The molecule has 0 fully saturated rings. The number of hydrogen-bond acceptors (Lipinski definition) is 3. The highest BCUT2D eigenvalue weighted by atomic mass is 35.5. The van der Waals surface area contributed by atoms with Crippen molar-refractivity contribution in [2.45, 2.75) is 20.8 Å². The third kappa shape index (κ3) is 4.99. The second-order valence-electron chi connectivity index (χ2n) is 6.37. The third-order valence-electron chi connectivity index (χ3n) is 3.96. The fourth-order valence-electron chi connectivity index (χ4n) is 2.75. The van der Waals surface area contributed by atoms with Crippen LogP contribution in [-0.2, 0) is 10.0 Å². The van der Waals surface area contributed by atoms with Crippen molar-refractivity contribution in [3.05, 3.63) is 63.7 Å². The average Bonchev–Trinajstić information content (AvgIpc) is 2.52. The first-order valence-corrected chi connectivity index (χ1v) is 10.4. The number of rotatable bonds is 6. The zero-order valence-corrected chi connectivity index (χ0v) is 16.9. The Bertz CT molecular complexity index is 886. The van der Waals surface area contributed by atoms with Crippen LogP contribution in [0.15, 0.2) is 36.4 Å². The van der Waals surface area contributed by atoms with E-state index in [4.69, 9.17) is 11.6 Å². The van der Waals surface area contributed by atoms with Crippen LogP contribution in [0.1, 0.15) is 27.0 Å². The van der Waals surface area contributed by atoms with E-state index in [0.29, 0.717) is 16.3 Å². The van der Waals surface area contributed by atoms with Gasteiger partial charge in [-0.05, 0) is 50.1 Å². The Balaban J connectivity index is 2.15. The molecule has 0 saturated heterocycles. The predicted molar refractivity (Wildman–Crippen MR) is 107 cm³/mol. The van der Waals surface area contributed by atoms with Gasteiger partial charge in [-0.1, -0.05) is 35.4 Å². The first-order chi connectivity index (χ1) is 12.1. The molecule has 5 nitrogen and oxygen atoms in total. The first-order valence-electron chi connectivity index (χ1n) is 8.19. The van der Waals surface area contributed by atoms with E-state index < -0.39 is 10.0 Å². The molecule has 140 valence electrons. The standard InChI is InChI=1S/C19H23ClN2O3S/c1-13-5-7-16(8-6-13)19(23)21-9-10-22(26(4,24)25)18-15(3)11-14(2)12-17(18)20/h5-8,11-12H,9-10H2,1-4H3,(H,21,23). The van der Waals surface area contributed by atoms with Crippen LogP contribution in [0.2, 0.25) is 5.02 Å². The molecule has 2 aromatic rings. The summed E-state index contributed by atoms with van der Waals surface area (Å²) in [5.74, 6) is -0.245. The summed E-state index contributed by atoms with van der Waals surface area (Å²) < 4.78 is 25.8. The van der Waals surface area contributed by atoms with E-state index in [0.717, 1.165) is 22.9 Å². The van der Waals surface area contributed by atoms with Crippen molar-refractivity contribution in [3.63, 3.8) is 0 Å². The largest absolute Gasteiger partial charge is 0.350 e. The summed E-state index contributed by atoms with van der Waals surface area (Å²) in [6, 6.07) is 10.8. The van der Waals surface area contributed by atoms with Gasteiger partial charge in [0.05, 0.1) is 23.5 Å². The molecule has 0 saturated carbocycles. The Hall–Kier alpha value is -2.05. The van der Waals surface area contributed by atoms with Gasteiger partial charge in [-0.15, -0.1) is 0 Å². The second-order valence-corrected chi connectivity index (χ2v) is 8.68. The maximum atomic E-state index is 12.3. The van der Waals surface area contributed by atoms with Crippen molar-refractivity contribution in [3.8, 4) is 0 Å². The van der Waals surface area contributed by atoms with Gasteiger partial charge < -0.3 is 5.32 Å². The van der Waals surface area contributed by atoms with Gasteiger partial charge in [0.1, 0.15) is 0 Å². The van der Waals surface area contributed by atoms with E-state index in [9.17, 15) is 13.2 Å². The monoisotopic (exact) mass is 394 g/mol. The predicted octanol–water partition coefficient (Wildman–Crippen LogP) is 3.46. The number of halogens is 1. The summed E-state index contributed by atoms with van der Waals surface area (Å²) in [6.45, 7) is 5.93. The molecule has 0 aliphatic heterocycles. The second kappa shape index (κ2) is 8.10. The number of nitrogens with one attached hydrogen (secondary N) is 1. The molecule has 0 spiro atoms. The first kappa shape index (κ1) is 20.3. The number of anilines is 1. The molecule has 0 aliphatic carbocycles. The van der Waals surface area contributed by atoms with Crippen molar-refractivity contribution in [1.82, 2.24) is 5.32 Å². The van der Waals surface area contributed by atoms with Crippen molar-refractivity contribution >= 4 is 33.2 Å². The summed E-state index contributed by atoms with van der Waals surface area (Å²) in [4.78, 5) is 12.2. The highest BCUT2D eigenvalue weighted by Crippen LogP contribution is 2.32. The zero-order valence-electron chi connectivity index (χ0n) is 15.3. The van der Waals surface area contributed by atoms with Gasteiger partial charge in [-0.25, -0.2) is 8.42 Å². The maximum absolute atomic E-state index is 12.3. The fraction of sp³-hybridized carbons (Fsp3) is 0.316. The average molecular weight is 395 g/mol. The SMILES string of the molecule is Cc1ccc(C(=O)NCCN(c2c(C)cc(C)cc2Cl)S(C)(=O)=O)cc1. The van der Waals surface area contributed by atoms with E-state index in [1.165, 1.54) is 4.31 Å². The molecular formula is C19H23ClN2O3S.